The summed E-state index contributed by atoms with van der Waals surface area (Å²) in [6.07, 6.45) is 1.56. The number of rotatable bonds is 3. The van der Waals surface area contributed by atoms with E-state index in [1.807, 2.05) is 13.0 Å². The number of hydrogen-bond donors (Lipinski definition) is 0. The monoisotopic (exact) mass is 346 g/mol. The fourth-order valence-corrected chi connectivity index (χ4v) is 3.00. The van der Waals surface area contributed by atoms with E-state index in [2.05, 4.69) is 23.9 Å². The quantitative estimate of drug-likeness (QED) is 0.730. The molecule has 0 aliphatic heterocycles. The normalized spacial score (nSPS) is 11.5. The van der Waals surface area contributed by atoms with Gasteiger partial charge in [-0.25, -0.2) is 9.50 Å². The molecule has 7 heteroatoms. The molecular formula is C17H19ClN4O2. The minimum Gasteiger partial charge on any atom is -0.495 e. The Morgan fingerprint density at radius 3 is 2.58 bits per heavy atom. The van der Waals surface area contributed by atoms with Crippen LogP contribution in [0.1, 0.15) is 31.0 Å². The van der Waals surface area contributed by atoms with Gasteiger partial charge in [-0.2, -0.15) is 0 Å². The van der Waals surface area contributed by atoms with Crippen molar-refractivity contribution in [2.75, 3.05) is 7.11 Å². The first-order valence-electron chi connectivity index (χ1n) is 7.64. The summed E-state index contributed by atoms with van der Waals surface area (Å²) in [6, 6.07) is 3.66. The van der Waals surface area contributed by atoms with E-state index < -0.39 is 0 Å². The van der Waals surface area contributed by atoms with Crippen LogP contribution in [-0.2, 0) is 7.05 Å². The van der Waals surface area contributed by atoms with Crippen LogP contribution in [0.3, 0.4) is 0 Å². The van der Waals surface area contributed by atoms with Gasteiger partial charge < -0.3 is 4.74 Å². The van der Waals surface area contributed by atoms with Crippen molar-refractivity contribution in [2.24, 2.45) is 7.05 Å². The number of nitrogens with zero attached hydrogens (tertiary/aromatic N) is 4. The van der Waals surface area contributed by atoms with Gasteiger partial charge in [0, 0.05) is 18.8 Å². The van der Waals surface area contributed by atoms with E-state index in [0.29, 0.717) is 27.8 Å². The summed E-state index contributed by atoms with van der Waals surface area (Å²) in [4.78, 5) is 17.2. The second kappa shape index (κ2) is 5.94. The molecule has 0 aliphatic carbocycles. The zero-order valence-electron chi connectivity index (χ0n) is 14.3. The first-order valence-corrected chi connectivity index (χ1v) is 8.02. The van der Waals surface area contributed by atoms with Gasteiger partial charge in [-0.15, -0.1) is 5.10 Å². The van der Waals surface area contributed by atoms with Crippen molar-refractivity contribution < 1.29 is 4.74 Å². The van der Waals surface area contributed by atoms with E-state index in [1.165, 1.54) is 4.57 Å². The van der Waals surface area contributed by atoms with Crippen LogP contribution in [0.5, 0.6) is 5.75 Å². The lowest BCUT2D eigenvalue weighted by molar-refractivity contribution is 0.413. The maximum atomic E-state index is 12.9. The van der Waals surface area contributed by atoms with Crippen LogP contribution in [0.2, 0.25) is 5.02 Å². The zero-order chi connectivity index (χ0) is 17.6. The van der Waals surface area contributed by atoms with Crippen LogP contribution in [0, 0.1) is 6.92 Å². The van der Waals surface area contributed by atoms with Crippen LogP contribution in [0.4, 0.5) is 0 Å². The molecule has 0 aliphatic rings. The van der Waals surface area contributed by atoms with E-state index in [0.717, 1.165) is 11.3 Å². The maximum absolute atomic E-state index is 12.9. The largest absolute Gasteiger partial charge is 0.495 e. The third-order valence-corrected chi connectivity index (χ3v) is 4.38. The number of methoxy groups -OCH3 is 1. The molecule has 0 unspecified atom stereocenters. The van der Waals surface area contributed by atoms with Crippen LogP contribution >= 0.6 is 11.6 Å². The summed E-state index contributed by atoms with van der Waals surface area (Å²) in [5, 5.41) is 5.00. The predicted molar refractivity (Wildman–Crippen MR) is 94.1 cm³/mol. The average Bonchev–Trinajstić information content (AvgIpc) is 2.88. The molecule has 0 atom stereocenters. The van der Waals surface area contributed by atoms with E-state index in [-0.39, 0.29) is 11.5 Å². The van der Waals surface area contributed by atoms with Crippen molar-refractivity contribution in [2.45, 2.75) is 26.7 Å². The number of aromatic nitrogens is 4. The Labute approximate surface area is 144 Å². The second-order valence-corrected chi connectivity index (χ2v) is 6.46. The highest BCUT2D eigenvalue weighted by atomic mass is 35.5. The van der Waals surface area contributed by atoms with Gasteiger partial charge in [-0.1, -0.05) is 25.4 Å². The summed E-state index contributed by atoms with van der Waals surface area (Å²) >= 11 is 6.31. The lowest BCUT2D eigenvalue weighted by Gasteiger charge is -2.11. The van der Waals surface area contributed by atoms with Crippen LogP contribution < -0.4 is 10.3 Å². The lowest BCUT2D eigenvalue weighted by atomic mass is 10.1. The Hall–Kier alpha value is -2.34. The minimum absolute atomic E-state index is 0.120. The molecule has 0 aromatic carbocycles. The van der Waals surface area contributed by atoms with Crippen molar-refractivity contribution >= 4 is 17.1 Å². The van der Waals surface area contributed by atoms with Gasteiger partial charge in [0.25, 0.3) is 5.56 Å². The molecule has 0 saturated heterocycles. The lowest BCUT2D eigenvalue weighted by Crippen LogP contribution is -2.24. The molecule has 24 heavy (non-hydrogen) atoms. The predicted octanol–water partition coefficient (Wildman–Crippen LogP) is 3.19. The molecule has 126 valence electrons. The SMILES string of the molecule is COc1cnc(-c2nn3c(C)cc(C(C)C)c3c(=O)n2C)c(Cl)c1. The van der Waals surface area contributed by atoms with Gasteiger partial charge in [0.1, 0.15) is 17.0 Å². The van der Waals surface area contributed by atoms with E-state index >= 15 is 0 Å². The molecule has 0 bridgehead atoms. The summed E-state index contributed by atoms with van der Waals surface area (Å²) in [6.45, 7) is 6.05. The Balaban J connectivity index is 2.34. The van der Waals surface area contributed by atoms with Crippen LogP contribution in [0.25, 0.3) is 17.0 Å². The molecule has 3 aromatic rings. The van der Waals surface area contributed by atoms with Crippen molar-refractivity contribution in [3.8, 4) is 17.3 Å². The number of pyridine rings is 1. The fraction of sp³-hybridized carbons (Fsp3) is 0.353. The van der Waals surface area contributed by atoms with E-state index in [4.69, 9.17) is 16.3 Å². The maximum Gasteiger partial charge on any atom is 0.278 e. The van der Waals surface area contributed by atoms with Gasteiger partial charge in [-0.05, 0) is 24.5 Å². The molecular weight excluding hydrogens is 328 g/mol. The summed E-state index contributed by atoms with van der Waals surface area (Å²) in [5.74, 6) is 1.19. The molecule has 0 N–H and O–H groups in total. The number of halogens is 1. The van der Waals surface area contributed by atoms with Gasteiger partial charge in [0.2, 0.25) is 0 Å². The van der Waals surface area contributed by atoms with E-state index in [9.17, 15) is 4.79 Å². The molecule has 3 heterocycles. The molecule has 0 amide bonds. The third-order valence-electron chi connectivity index (χ3n) is 4.09. The highest BCUT2D eigenvalue weighted by molar-refractivity contribution is 6.33. The van der Waals surface area contributed by atoms with Gasteiger partial charge in [0.05, 0.1) is 18.3 Å². The fourth-order valence-electron chi connectivity index (χ4n) is 2.76. The molecule has 0 radical (unpaired) electrons. The summed E-state index contributed by atoms with van der Waals surface area (Å²) in [7, 11) is 3.23. The molecule has 0 saturated carbocycles. The number of aryl methyl sites for hydroxylation is 1. The molecule has 3 aromatic heterocycles. The van der Waals surface area contributed by atoms with Gasteiger partial charge >= 0.3 is 0 Å². The van der Waals surface area contributed by atoms with Crippen LogP contribution in [-0.4, -0.2) is 26.3 Å². The number of hydrogen-bond acceptors (Lipinski definition) is 4. The van der Waals surface area contributed by atoms with Crippen molar-refractivity contribution in [1.29, 1.82) is 0 Å². The Morgan fingerprint density at radius 2 is 2.00 bits per heavy atom. The van der Waals surface area contributed by atoms with Crippen molar-refractivity contribution in [3.63, 3.8) is 0 Å². The average molecular weight is 347 g/mol. The Bertz CT molecular complexity index is 988. The van der Waals surface area contributed by atoms with Gasteiger partial charge in [0.15, 0.2) is 5.82 Å². The molecule has 3 rings (SSSR count). The highest BCUT2D eigenvalue weighted by Gasteiger charge is 2.20. The number of fused-ring (bicyclic) bond motifs is 1. The summed E-state index contributed by atoms with van der Waals surface area (Å²) in [5.41, 5.74) is 2.81. The van der Waals surface area contributed by atoms with Crippen LogP contribution in [0.15, 0.2) is 23.1 Å². The molecule has 0 spiro atoms. The standard InChI is InChI=1S/C17H19ClN4O2/c1-9(2)12-6-10(3)22-15(12)17(23)21(4)16(20-22)14-13(18)7-11(24-5)8-19-14/h6-9H,1-5H3. The van der Waals surface area contributed by atoms with Crippen molar-refractivity contribution in [3.05, 3.63) is 45.0 Å². The van der Waals surface area contributed by atoms with Crippen molar-refractivity contribution in [1.82, 2.24) is 19.2 Å². The highest BCUT2D eigenvalue weighted by Crippen LogP contribution is 2.28. The summed E-state index contributed by atoms with van der Waals surface area (Å²) < 4.78 is 8.28. The first-order chi connectivity index (χ1) is 11.3. The minimum atomic E-state index is -0.120. The molecule has 0 fully saturated rings. The zero-order valence-corrected chi connectivity index (χ0v) is 15.0. The third kappa shape index (κ3) is 2.47. The number of ether oxygens (including phenoxy) is 1. The Morgan fingerprint density at radius 1 is 1.29 bits per heavy atom. The molecule has 6 nitrogen and oxygen atoms in total. The van der Waals surface area contributed by atoms with Gasteiger partial charge in [-0.3, -0.25) is 9.36 Å². The smallest absolute Gasteiger partial charge is 0.278 e. The Kier molecular flexibility index (Phi) is 4.09. The van der Waals surface area contributed by atoms with E-state index in [1.54, 1.807) is 30.9 Å². The second-order valence-electron chi connectivity index (χ2n) is 6.05. The topological polar surface area (TPSA) is 61.4 Å². The first kappa shape index (κ1) is 16.5.